The molecule has 4 nitrogen and oxygen atoms in total. The molecular weight excluding hydrogens is 264 g/mol. The van der Waals surface area contributed by atoms with Crippen molar-refractivity contribution >= 4 is 10.1 Å². The van der Waals surface area contributed by atoms with Gasteiger partial charge in [-0.3, -0.25) is 4.55 Å². The van der Waals surface area contributed by atoms with Crippen LogP contribution in [0.4, 0.5) is 0 Å². The summed E-state index contributed by atoms with van der Waals surface area (Å²) in [5.74, 6) is 1.16. The van der Waals surface area contributed by atoms with Crippen LogP contribution < -0.4 is 4.74 Å². The average Bonchev–Trinajstić information content (AvgIpc) is 2.38. The van der Waals surface area contributed by atoms with E-state index in [2.05, 4.69) is 13.8 Å². The van der Waals surface area contributed by atoms with Crippen LogP contribution in [0.1, 0.15) is 39.5 Å². The molecule has 0 amide bonds. The van der Waals surface area contributed by atoms with Crippen molar-refractivity contribution in [2.75, 3.05) is 6.61 Å². The van der Waals surface area contributed by atoms with E-state index in [0.29, 0.717) is 18.3 Å². The second-order valence-electron chi connectivity index (χ2n) is 4.67. The molecule has 0 bridgehead atoms. The van der Waals surface area contributed by atoms with Crippen LogP contribution in [0.5, 0.6) is 5.75 Å². The zero-order valence-corrected chi connectivity index (χ0v) is 12.3. The molecule has 19 heavy (non-hydrogen) atoms. The summed E-state index contributed by atoms with van der Waals surface area (Å²) < 4.78 is 36.3. The predicted molar refractivity (Wildman–Crippen MR) is 75.1 cm³/mol. The van der Waals surface area contributed by atoms with Gasteiger partial charge in [-0.25, -0.2) is 0 Å². The highest BCUT2D eigenvalue weighted by molar-refractivity contribution is 7.85. The average molecular weight is 286 g/mol. The molecule has 0 aliphatic rings. The minimum Gasteiger partial charge on any atom is -0.493 e. The van der Waals surface area contributed by atoms with Crippen LogP contribution in [-0.2, 0) is 10.1 Å². The first kappa shape index (κ1) is 16.0. The number of hydrogen-bond acceptors (Lipinski definition) is 3. The van der Waals surface area contributed by atoms with Crippen LogP contribution in [0.3, 0.4) is 0 Å². The van der Waals surface area contributed by atoms with Crippen molar-refractivity contribution in [2.24, 2.45) is 5.92 Å². The largest absolute Gasteiger partial charge is 0.493 e. The number of unbranched alkanes of at least 4 members (excludes halogenated alkanes) is 1. The molecule has 0 heterocycles. The Morgan fingerprint density at radius 2 is 1.84 bits per heavy atom. The number of ether oxygens (including phenoxy) is 1. The maximum atomic E-state index is 10.9. The summed E-state index contributed by atoms with van der Waals surface area (Å²) in [6.07, 6.45) is 4.60. The molecule has 1 rings (SSSR count). The van der Waals surface area contributed by atoms with Gasteiger partial charge in [-0.2, -0.15) is 8.42 Å². The van der Waals surface area contributed by atoms with Gasteiger partial charge in [-0.15, -0.1) is 0 Å². The van der Waals surface area contributed by atoms with Gasteiger partial charge in [-0.05, 0) is 36.6 Å². The van der Waals surface area contributed by atoms with Gasteiger partial charge >= 0.3 is 0 Å². The van der Waals surface area contributed by atoms with Crippen molar-refractivity contribution in [1.82, 2.24) is 0 Å². The first-order chi connectivity index (χ1) is 8.97. The van der Waals surface area contributed by atoms with Crippen LogP contribution in [0.15, 0.2) is 29.2 Å². The van der Waals surface area contributed by atoms with E-state index in [1.807, 2.05) is 0 Å². The summed E-state index contributed by atoms with van der Waals surface area (Å²) in [7, 11) is -4.12. The molecule has 0 aromatic heterocycles. The third-order valence-electron chi connectivity index (χ3n) is 3.15. The second-order valence-corrected chi connectivity index (χ2v) is 6.10. The lowest BCUT2D eigenvalue weighted by Gasteiger charge is -2.15. The Labute approximate surface area is 115 Å². The van der Waals surface area contributed by atoms with Gasteiger partial charge in [0.05, 0.1) is 11.5 Å². The van der Waals surface area contributed by atoms with Crippen molar-refractivity contribution in [3.63, 3.8) is 0 Å². The summed E-state index contributed by atoms with van der Waals surface area (Å²) >= 11 is 0. The van der Waals surface area contributed by atoms with E-state index >= 15 is 0 Å². The highest BCUT2D eigenvalue weighted by atomic mass is 32.2. The highest BCUT2D eigenvalue weighted by Gasteiger charge is 2.10. The van der Waals surface area contributed by atoms with Crippen molar-refractivity contribution in [1.29, 1.82) is 0 Å². The Morgan fingerprint density at radius 1 is 1.21 bits per heavy atom. The van der Waals surface area contributed by atoms with E-state index in [1.165, 1.54) is 25.0 Å². The lowest BCUT2D eigenvalue weighted by Crippen LogP contribution is -2.11. The van der Waals surface area contributed by atoms with E-state index in [9.17, 15) is 8.42 Å². The molecule has 1 aromatic rings. The molecule has 0 aliphatic carbocycles. The number of benzene rings is 1. The summed E-state index contributed by atoms with van der Waals surface area (Å²) in [5, 5.41) is 0. The Balaban J connectivity index is 2.53. The third-order valence-corrected chi connectivity index (χ3v) is 4.02. The van der Waals surface area contributed by atoms with E-state index < -0.39 is 10.1 Å². The molecule has 5 heteroatoms. The Hall–Kier alpha value is -1.07. The van der Waals surface area contributed by atoms with E-state index in [1.54, 1.807) is 12.1 Å². The van der Waals surface area contributed by atoms with Crippen molar-refractivity contribution in [3.8, 4) is 5.75 Å². The third kappa shape index (κ3) is 5.61. The fourth-order valence-corrected chi connectivity index (χ4v) is 2.30. The van der Waals surface area contributed by atoms with Gasteiger partial charge in [0.25, 0.3) is 10.1 Å². The fraction of sp³-hybridized carbons (Fsp3) is 0.571. The quantitative estimate of drug-likeness (QED) is 0.743. The minimum absolute atomic E-state index is 0.113. The minimum atomic E-state index is -4.12. The Kier molecular flexibility index (Phi) is 6.31. The molecule has 0 fully saturated rings. The molecule has 0 spiro atoms. The first-order valence-electron chi connectivity index (χ1n) is 6.67. The predicted octanol–water partition coefficient (Wildman–Crippen LogP) is 3.53. The summed E-state index contributed by atoms with van der Waals surface area (Å²) in [5.41, 5.74) is 0. The van der Waals surface area contributed by atoms with Crippen molar-refractivity contribution < 1.29 is 17.7 Å². The smallest absolute Gasteiger partial charge is 0.294 e. The normalized spacial score (nSPS) is 13.2. The van der Waals surface area contributed by atoms with Crippen LogP contribution >= 0.6 is 0 Å². The lowest BCUT2D eigenvalue weighted by atomic mass is 10.0. The van der Waals surface area contributed by atoms with Crippen LogP contribution in [-0.4, -0.2) is 19.6 Å². The zero-order valence-electron chi connectivity index (χ0n) is 11.5. The van der Waals surface area contributed by atoms with E-state index in [4.69, 9.17) is 9.29 Å². The summed E-state index contributed by atoms with van der Waals surface area (Å²) in [4.78, 5) is -0.113. The molecule has 0 aliphatic heterocycles. The van der Waals surface area contributed by atoms with Crippen LogP contribution in [0.25, 0.3) is 0 Å². The maximum absolute atomic E-state index is 10.9. The molecule has 0 saturated heterocycles. The standard InChI is InChI=1S/C14H22O4S/c1-3-5-6-12(4-2)11-18-13-7-9-14(10-8-13)19(15,16)17/h7-10,12H,3-6,11H2,1-2H3,(H,15,16,17). The van der Waals surface area contributed by atoms with Crippen LogP contribution in [0.2, 0.25) is 0 Å². The first-order valence-corrected chi connectivity index (χ1v) is 8.11. The summed E-state index contributed by atoms with van der Waals surface area (Å²) in [6, 6.07) is 5.82. The molecule has 1 unspecified atom stereocenters. The Bertz CT molecular complexity index is 465. The summed E-state index contributed by atoms with van der Waals surface area (Å²) in [6.45, 7) is 4.95. The van der Waals surface area contributed by atoms with Gasteiger partial charge in [0.15, 0.2) is 0 Å². The molecule has 0 radical (unpaired) electrons. The molecule has 1 atom stereocenters. The molecule has 108 valence electrons. The monoisotopic (exact) mass is 286 g/mol. The molecule has 0 saturated carbocycles. The van der Waals surface area contributed by atoms with E-state index in [-0.39, 0.29) is 4.90 Å². The molecular formula is C14H22O4S. The van der Waals surface area contributed by atoms with Gasteiger partial charge < -0.3 is 4.74 Å². The van der Waals surface area contributed by atoms with Crippen molar-refractivity contribution in [3.05, 3.63) is 24.3 Å². The van der Waals surface area contributed by atoms with Gasteiger partial charge in [0, 0.05) is 0 Å². The molecule has 1 aromatic carbocycles. The van der Waals surface area contributed by atoms with Gasteiger partial charge in [0.1, 0.15) is 5.75 Å². The van der Waals surface area contributed by atoms with Crippen molar-refractivity contribution in [2.45, 2.75) is 44.4 Å². The SMILES string of the molecule is CCCCC(CC)COc1ccc(S(=O)(=O)O)cc1. The lowest BCUT2D eigenvalue weighted by molar-refractivity contribution is 0.233. The van der Waals surface area contributed by atoms with Crippen LogP contribution in [0, 0.1) is 5.92 Å². The second kappa shape index (κ2) is 7.50. The van der Waals surface area contributed by atoms with Gasteiger partial charge in [0.2, 0.25) is 0 Å². The maximum Gasteiger partial charge on any atom is 0.294 e. The van der Waals surface area contributed by atoms with E-state index in [0.717, 1.165) is 12.8 Å². The number of rotatable bonds is 8. The number of hydrogen-bond donors (Lipinski definition) is 1. The fourth-order valence-electron chi connectivity index (χ4n) is 1.82. The topological polar surface area (TPSA) is 63.6 Å². The Morgan fingerprint density at radius 3 is 2.32 bits per heavy atom. The highest BCUT2D eigenvalue weighted by Crippen LogP contribution is 2.18. The van der Waals surface area contributed by atoms with Gasteiger partial charge in [-0.1, -0.05) is 33.1 Å². The molecule has 1 N–H and O–H groups in total. The zero-order chi connectivity index (χ0) is 14.3.